The van der Waals surface area contributed by atoms with Crippen LogP contribution in [0.3, 0.4) is 0 Å². The Morgan fingerprint density at radius 3 is 2.00 bits per heavy atom. The number of hydrogen-bond acceptors (Lipinski definition) is 3. The van der Waals surface area contributed by atoms with Crippen LogP contribution in [0.2, 0.25) is 0 Å². The summed E-state index contributed by atoms with van der Waals surface area (Å²) in [4.78, 5) is 24.6. The number of hydrogen-bond donors (Lipinski definition) is 0. The van der Waals surface area contributed by atoms with Gasteiger partial charge in [-0.15, -0.1) is 0 Å². The van der Waals surface area contributed by atoms with Gasteiger partial charge in [-0.3, -0.25) is 9.59 Å². The average Bonchev–Trinajstić information content (AvgIpc) is 2.38. The zero-order valence-corrected chi connectivity index (χ0v) is 13.6. The summed E-state index contributed by atoms with van der Waals surface area (Å²) in [6, 6.07) is 0. The lowest BCUT2D eigenvalue weighted by Crippen LogP contribution is -2.36. The van der Waals surface area contributed by atoms with Crippen molar-refractivity contribution < 1.29 is 14.3 Å². The molecule has 0 aromatic heterocycles. The smallest absolute Gasteiger partial charge is 0.316 e. The Hall–Kier alpha value is -0.860. The van der Waals surface area contributed by atoms with Crippen LogP contribution in [-0.4, -0.2) is 18.4 Å². The maximum atomic E-state index is 12.6. The van der Waals surface area contributed by atoms with Crippen LogP contribution >= 0.6 is 0 Å². The highest BCUT2D eigenvalue weighted by molar-refractivity contribution is 6.00. The zero-order chi connectivity index (χ0) is 15.3. The first kappa shape index (κ1) is 17.2. The minimum absolute atomic E-state index is 0.0179. The summed E-state index contributed by atoms with van der Waals surface area (Å²) in [6.07, 6.45) is 4.10. The second-order valence-corrected chi connectivity index (χ2v) is 6.73. The third-order valence-electron chi connectivity index (χ3n) is 4.63. The van der Waals surface area contributed by atoms with Crippen LogP contribution in [0.4, 0.5) is 0 Å². The zero-order valence-electron chi connectivity index (χ0n) is 13.6. The van der Waals surface area contributed by atoms with Crippen molar-refractivity contribution in [2.45, 2.75) is 60.3 Å². The maximum Gasteiger partial charge on any atom is 0.316 e. The molecule has 0 aliphatic heterocycles. The highest BCUT2D eigenvalue weighted by Gasteiger charge is 2.37. The van der Waals surface area contributed by atoms with Gasteiger partial charge in [-0.1, -0.05) is 27.7 Å². The van der Waals surface area contributed by atoms with E-state index in [4.69, 9.17) is 4.74 Å². The molecule has 20 heavy (non-hydrogen) atoms. The Balaban J connectivity index is 2.65. The third-order valence-corrected chi connectivity index (χ3v) is 4.63. The fourth-order valence-corrected chi connectivity index (χ4v) is 3.27. The number of ketones is 1. The molecule has 1 saturated carbocycles. The maximum absolute atomic E-state index is 12.6. The highest BCUT2D eigenvalue weighted by atomic mass is 16.5. The Morgan fingerprint density at radius 1 is 1.05 bits per heavy atom. The van der Waals surface area contributed by atoms with Gasteiger partial charge >= 0.3 is 5.97 Å². The van der Waals surface area contributed by atoms with Gasteiger partial charge in [0.1, 0.15) is 11.7 Å². The van der Waals surface area contributed by atoms with Crippen molar-refractivity contribution in [3.63, 3.8) is 0 Å². The number of Topliss-reactive ketones (excluding diaryl/α,β-unsaturated/α-hetero) is 1. The van der Waals surface area contributed by atoms with E-state index < -0.39 is 5.92 Å². The summed E-state index contributed by atoms with van der Waals surface area (Å²) in [5.74, 6) is 0.706. The van der Waals surface area contributed by atoms with Crippen molar-refractivity contribution in [3.05, 3.63) is 0 Å². The first-order chi connectivity index (χ1) is 9.38. The van der Waals surface area contributed by atoms with Crippen LogP contribution < -0.4 is 0 Å². The van der Waals surface area contributed by atoms with Gasteiger partial charge in [0.05, 0.1) is 6.61 Å². The van der Waals surface area contributed by atoms with E-state index in [2.05, 4.69) is 13.8 Å². The Kier molecular flexibility index (Phi) is 6.70. The Labute approximate surface area is 123 Å². The molecule has 0 aromatic rings. The summed E-state index contributed by atoms with van der Waals surface area (Å²) in [5.41, 5.74) is 0. The molecule has 1 aliphatic carbocycles. The van der Waals surface area contributed by atoms with Gasteiger partial charge in [-0.2, -0.15) is 0 Å². The molecule has 0 amide bonds. The Bertz CT molecular complexity index is 325. The van der Waals surface area contributed by atoms with E-state index in [0.717, 1.165) is 31.6 Å². The second kappa shape index (κ2) is 7.80. The van der Waals surface area contributed by atoms with E-state index in [1.807, 2.05) is 13.8 Å². The van der Waals surface area contributed by atoms with Gasteiger partial charge in [0, 0.05) is 5.92 Å². The van der Waals surface area contributed by atoms with E-state index in [1.165, 1.54) is 0 Å². The van der Waals surface area contributed by atoms with Crippen molar-refractivity contribution >= 4 is 11.8 Å². The topological polar surface area (TPSA) is 43.4 Å². The molecule has 3 nitrogen and oxygen atoms in total. The quantitative estimate of drug-likeness (QED) is 0.549. The van der Waals surface area contributed by atoms with Gasteiger partial charge in [0.25, 0.3) is 0 Å². The van der Waals surface area contributed by atoms with Crippen LogP contribution in [0.25, 0.3) is 0 Å². The molecular weight excluding hydrogens is 252 g/mol. The fraction of sp³-hybridized carbons (Fsp3) is 0.882. The predicted molar refractivity (Wildman–Crippen MR) is 80.3 cm³/mol. The second-order valence-electron chi connectivity index (χ2n) is 6.73. The first-order valence-corrected chi connectivity index (χ1v) is 8.08. The highest BCUT2D eigenvalue weighted by Crippen LogP contribution is 2.35. The van der Waals surface area contributed by atoms with Crippen LogP contribution in [0, 0.1) is 29.6 Å². The first-order valence-electron chi connectivity index (χ1n) is 8.08. The fourth-order valence-electron chi connectivity index (χ4n) is 3.27. The summed E-state index contributed by atoms with van der Waals surface area (Å²) in [7, 11) is 0. The minimum Gasteiger partial charge on any atom is -0.465 e. The van der Waals surface area contributed by atoms with Crippen LogP contribution in [0.1, 0.15) is 60.3 Å². The SMILES string of the molecule is CCOC(=O)C(C(=O)C1CCC(C(C)C)CC1)C(C)C. The lowest BCUT2D eigenvalue weighted by Gasteiger charge is -2.32. The molecule has 1 unspecified atom stereocenters. The standard InChI is InChI=1S/C17H30O3/c1-6-20-17(19)15(12(4)5)16(18)14-9-7-13(8-10-14)11(2)3/h11-15H,6-10H2,1-5H3. The third kappa shape index (κ3) is 4.32. The normalized spacial score (nSPS) is 24.8. The lowest BCUT2D eigenvalue weighted by molar-refractivity contribution is -0.155. The summed E-state index contributed by atoms with van der Waals surface area (Å²) < 4.78 is 5.08. The van der Waals surface area contributed by atoms with Crippen molar-refractivity contribution in [3.8, 4) is 0 Å². The number of esters is 1. The molecule has 1 aliphatic rings. The van der Waals surface area contributed by atoms with Crippen LogP contribution in [0.15, 0.2) is 0 Å². The summed E-state index contributed by atoms with van der Waals surface area (Å²) in [5, 5.41) is 0. The number of carbonyl (C=O) groups is 2. The van der Waals surface area contributed by atoms with Gasteiger partial charge in [0.2, 0.25) is 0 Å². The van der Waals surface area contributed by atoms with E-state index >= 15 is 0 Å². The number of ether oxygens (including phenoxy) is 1. The lowest BCUT2D eigenvalue weighted by atomic mass is 9.72. The van der Waals surface area contributed by atoms with Gasteiger partial charge in [-0.05, 0) is 50.4 Å². The largest absolute Gasteiger partial charge is 0.465 e. The molecule has 0 heterocycles. The summed E-state index contributed by atoms with van der Waals surface area (Å²) in [6.45, 7) is 10.5. The molecule has 1 atom stereocenters. The molecule has 0 saturated heterocycles. The molecule has 1 fully saturated rings. The van der Waals surface area contributed by atoms with Crippen molar-refractivity contribution in [1.82, 2.24) is 0 Å². The number of rotatable bonds is 6. The predicted octanol–water partition coefficient (Wildman–Crippen LogP) is 3.85. The molecule has 0 N–H and O–H groups in total. The molecule has 0 aromatic carbocycles. The van der Waals surface area contributed by atoms with Crippen molar-refractivity contribution in [2.75, 3.05) is 6.61 Å². The minimum atomic E-state index is -0.574. The van der Waals surface area contributed by atoms with E-state index in [-0.39, 0.29) is 23.6 Å². The molecule has 116 valence electrons. The van der Waals surface area contributed by atoms with Gasteiger partial charge in [-0.25, -0.2) is 0 Å². The van der Waals surface area contributed by atoms with Gasteiger partial charge in [0.15, 0.2) is 0 Å². The van der Waals surface area contributed by atoms with E-state index in [0.29, 0.717) is 12.5 Å². The van der Waals surface area contributed by atoms with Gasteiger partial charge < -0.3 is 4.74 Å². The molecular formula is C17H30O3. The van der Waals surface area contributed by atoms with Crippen molar-refractivity contribution in [1.29, 1.82) is 0 Å². The molecule has 0 spiro atoms. The summed E-state index contributed by atoms with van der Waals surface area (Å²) >= 11 is 0. The number of carbonyl (C=O) groups excluding carboxylic acids is 2. The molecule has 0 bridgehead atoms. The monoisotopic (exact) mass is 282 g/mol. The molecule has 3 heteroatoms. The van der Waals surface area contributed by atoms with E-state index in [9.17, 15) is 9.59 Å². The molecule has 1 rings (SSSR count). The Morgan fingerprint density at radius 2 is 1.60 bits per heavy atom. The van der Waals surface area contributed by atoms with Crippen molar-refractivity contribution in [2.24, 2.45) is 29.6 Å². The van der Waals surface area contributed by atoms with E-state index in [1.54, 1.807) is 6.92 Å². The molecule has 0 radical (unpaired) electrons. The van der Waals surface area contributed by atoms with Crippen LogP contribution in [0.5, 0.6) is 0 Å². The average molecular weight is 282 g/mol. The van der Waals surface area contributed by atoms with Crippen LogP contribution in [-0.2, 0) is 14.3 Å².